The maximum absolute atomic E-state index is 2.55. The van der Waals surface area contributed by atoms with Crippen molar-refractivity contribution < 1.29 is 0 Å². The number of hydrogen-bond acceptors (Lipinski definition) is 1. The monoisotopic (exact) mass is 929 g/mol. The molecule has 0 aliphatic carbocycles. The Hall–Kier alpha value is -9.08. The van der Waals surface area contributed by atoms with Gasteiger partial charge < -0.3 is 4.57 Å². The molecule has 0 saturated carbocycles. The summed E-state index contributed by atoms with van der Waals surface area (Å²) in [5, 5.41) is 15.1. The van der Waals surface area contributed by atoms with Gasteiger partial charge in [-0.3, -0.25) is 0 Å². The van der Waals surface area contributed by atoms with Gasteiger partial charge in [0.05, 0.1) is 16.7 Å². The van der Waals surface area contributed by atoms with Gasteiger partial charge in [-0.05, 0) is 119 Å². The predicted molar refractivity (Wildman–Crippen MR) is 311 cm³/mol. The lowest BCUT2D eigenvalue weighted by molar-refractivity contribution is 1.21. The van der Waals surface area contributed by atoms with E-state index in [0.29, 0.717) is 0 Å². The quantitative estimate of drug-likeness (QED) is 0.146. The first-order valence-corrected chi connectivity index (χ1v) is 25.6. The Morgan fingerprint density at radius 1 is 0.236 bits per heavy atom. The summed E-state index contributed by atoms with van der Waals surface area (Å²) in [6, 6.07) is 96.7. The van der Waals surface area contributed by atoms with E-state index in [-0.39, 0.29) is 0 Å². The normalized spacial score (nSPS) is 11.9. The Bertz CT molecular complexity index is 4450. The molecule has 0 fully saturated rings. The molecule has 1 nitrogen and oxygen atoms in total. The van der Waals surface area contributed by atoms with E-state index in [1.807, 2.05) is 11.3 Å². The van der Waals surface area contributed by atoms with Crippen molar-refractivity contribution >= 4 is 96.4 Å². The van der Waals surface area contributed by atoms with Crippen molar-refractivity contribution in [2.24, 2.45) is 0 Å². The molecule has 13 aromatic carbocycles. The van der Waals surface area contributed by atoms with Gasteiger partial charge in [0, 0.05) is 47.3 Å². The molecule has 0 N–H and O–H groups in total. The van der Waals surface area contributed by atoms with E-state index in [9.17, 15) is 0 Å². The maximum Gasteiger partial charge on any atom is 0.0619 e. The summed E-state index contributed by atoms with van der Waals surface area (Å²) in [6.07, 6.45) is 0. The van der Waals surface area contributed by atoms with Crippen LogP contribution in [0, 0.1) is 0 Å². The lowest BCUT2D eigenvalue weighted by atomic mass is 9.85. The zero-order valence-corrected chi connectivity index (χ0v) is 40.0. The van der Waals surface area contributed by atoms with Crippen molar-refractivity contribution in [1.82, 2.24) is 4.57 Å². The van der Waals surface area contributed by atoms with Crippen LogP contribution in [0.4, 0.5) is 0 Å². The second-order valence-corrected chi connectivity index (χ2v) is 20.1. The van der Waals surface area contributed by atoms with Crippen LogP contribution in [-0.2, 0) is 0 Å². The van der Waals surface area contributed by atoms with Crippen LogP contribution in [0.2, 0.25) is 0 Å². The van der Waals surface area contributed by atoms with Crippen LogP contribution in [0.15, 0.2) is 261 Å². The Kier molecular flexibility index (Phi) is 9.20. The van der Waals surface area contributed by atoms with Gasteiger partial charge in [0.1, 0.15) is 0 Å². The van der Waals surface area contributed by atoms with E-state index in [1.54, 1.807) is 0 Å². The number of nitrogens with zero attached hydrogens (tertiary/aromatic N) is 1. The first-order chi connectivity index (χ1) is 35.7. The third-order valence-electron chi connectivity index (χ3n) is 15.2. The number of benzene rings is 13. The largest absolute Gasteiger partial charge is 0.308 e. The SMILES string of the molecule is c1ccc(-c2ccc3c(c2)c2cc(-c4ccccc4)ccc2n3-c2c3ccccc3c(-c3cccc4c3sc3ccc(-c5c6ccccc6c(-c6ccccc6)c6ccccc56)cc34)c3ccccc23)cc1. The second kappa shape index (κ2) is 16.2. The summed E-state index contributed by atoms with van der Waals surface area (Å²) in [5.74, 6) is 0. The van der Waals surface area contributed by atoms with E-state index in [0.717, 1.165) is 0 Å². The van der Waals surface area contributed by atoms with E-state index in [2.05, 4.69) is 265 Å². The highest BCUT2D eigenvalue weighted by Gasteiger charge is 2.24. The Morgan fingerprint density at radius 3 is 1.12 bits per heavy atom. The van der Waals surface area contributed by atoms with Crippen molar-refractivity contribution in [3.05, 3.63) is 261 Å². The summed E-state index contributed by atoms with van der Waals surface area (Å²) >= 11 is 1.91. The summed E-state index contributed by atoms with van der Waals surface area (Å²) in [6.45, 7) is 0. The Labute approximate surface area is 420 Å². The molecular weight excluding hydrogens is 887 g/mol. The van der Waals surface area contributed by atoms with Crippen LogP contribution in [-0.4, -0.2) is 4.57 Å². The highest BCUT2D eigenvalue weighted by atomic mass is 32.1. The first-order valence-electron chi connectivity index (χ1n) is 24.8. The molecule has 0 amide bonds. The number of fused-ring (bicyclic) bond motifs is 10. The molecule has 0 atom stereocenters. The van der Waals surface area contributed by atoms with Crippen molar-refractivity contribution in [2.45, 2.75) is 0 Å². The van der Waals surface area contributed by atoms with E-state index < -0.39 is 0 Å². The van der Waals surface area contributed by atoms with Gasteiger partial charge in [-0.25, -0.2) is 0 Å². The highest BCUT2D eigenvalue weighted by Crippen LogP contribution is 2.50. The second-order valence-electron chi connectivity index (χ2n) is 19.0. The zero-order valence-electron chi connectivity index (χ0n) is 39.2. The number of aromatic nitrogens is 1. The molecule has 334 valence electrons. The fraction of sp³-hybridized carbons (Fsp3) is 0. The molecule has 2 heterocycles. The van der Waals surface area contributed by atoms with E-state index in [1.165, 1.54) is 146 Å². The molecule has 0 bridgehead atoms. The minimum atomic E-state index is 1.19. The predicted octanol–water partition coefficient (Wildman–Crippen LogP) is 20.1. The van der Waals surface area contributed by atoms with E-state index >= 15 is 0 Å². The lowest BCUT2D eigenvalue weighted by Crippen LogP contribution is -1.99. The summed E-state index contributed by atoms with van der Waals surface area (Å²) in [5.41, 5.74) is 16.0. The number of hydrogen-bond donors (Lipinski definition) is 0. The highest BCUT2D eigenvalue weighted by molar-refractivity contribution is 7.26. The lowest BCUT2D eigenvalue weighted by Gasteiger charge is -2.20. The third-order valence-corrected chi connectivity index (χ3v) is 16.4. The molecule has 0 spiro atoms. The first kappa shape index (κ1) is 40.8. The maximum atomic E-state index is 2.55. The molecular formula is C70H43NS. The fourth-order valence-electron chi connectivity index (χ4n) is 12.0. The standard InChI is InChI=1S/C70H43NS/c1-4-19-44(20-5-1)47-35-38-63-60(41-47)61-42-48(45-21-6-2-7-22-45)36-39-64(61)71(63)69-56-31-16-14-29-54(56)68(55-30-15-17-32-57(55)69)59-34-18-33-58-62-43-49(37-40-65(62)72-70(58)59)67-52-27-12-10-25-50(52)66(46-23-8-3-9-24-46)51-26-11-13-28-53(51)67/h1-43H. The number of thiophene rings is 1. The van der Waals surface area contributed by atoms with Crippen LogP contribution in [0.3, 0.4) is 0 Å². The van der Waals surface area contributed by atoms with Crippen LogP contribution in [0.25, 0.3) is 146 Å². The topological polar surface area (TPSA) is 4.93 Å². The molecule has 0 radical (unpaired) electrons. The van der Waals surface area contributed by atoms with Gasteiger partial charge in [0.15, 0.2) is 0 Å². The van der Waals surface area contributed by atoms with Crippen molar-refractivity contribution in [1.29, 1.82) is 0 Å². The molecule has 0 unspecified atom stereocenters. The average molecular weight is 930 g/mol. The summed E-state index contributed by atoms with van der Waals surface area (Å²) < 4.78 is 5.14. The van der Waals surface area contributed by atoms with Crippen LogP contribution in [0.1, 0.15) is 0 Å². The van der Waals surface area contributed by atoms with Gasteiger partial charge in [-0.15, -0.1) is 11.3 Å². The van der Waals surface area contributed by atoms with Gasteiger partial charge in [0.2, 0.25) is 0 Å². The minimum Gasteiger partial charge on any atom is -0.308 e. The van der Waals surface area contributed by atoms with Gasteiger partial charge in [0.25, 0.3) is 0 Å². The van der Waals surface area contributed by atoms with Crippen LogP contribution >= 0.6 is 11.3 Å². The van der Waals surface area contributed by atoms with Crippen LogP contribution in [0.5, 0.6) is 0 Å². The van der Waals surface area contributed by atoms with Gasteiger partial charge >= 0.3 is 0 Å². The third kappa shape index (κ3) is 6.19. The fourth-order valence-corrected chi connectivity index (χ4v) is 13.2. The van der Waals surface area contributed by atoms with Crippen molar-refractivity contribution in [3.8, 4) is 61.3 Å². The molecule has 0 aliphatic heterocycles. The smallest absolute Gasteiger partial charge is 0.0619 e. The van der Waals surface area contributed by atoms with Gasteiger partial charge in [-0.2, -0.15) is 0 Å². The van der Waals surface area contributed by atoms with Gasteiger partial charge in [-0.1, -0.05) is 224 Å². The Morgan fingerprint density at radius 2 is 0.625 bits per heavy atom. The minimum absolute atomic E-state index is 1.19. The molecule has 15 rings (SSSR count). The van der Waals surface area contributed by atoms with Crippen molar-refractivity contribution in [2.75, 3.05) is 0 Å². The summed E-state index contributed by atoms with van der Waals surface area (Å²) in [7, 11) is 0. The molecule has 0 saturated heterocycles. The Balaban J connectivity index is 0.963. The molecule has 15 aromatic rings. The molecule has 0 aliphatic rings. The van der Waals surface area contributed by atoms with E-state index in [4.69, 9.17) is 0 Å². The molecule has 2 heteroatoms. The average Bonchev–Trinajstić information content (AvgIpc) is 3.99. The molecule has 2 aromatic heterocycles. The van der Waals surface area contributed by atoms with Crippen LogP contribution < -0.4 is 0 Å². The van der Waals surface area contributed by atoms with Crippen molar-refractivity contribution in [3.63, 3.8) is 0 Å². The molecule has 72 heavy (non-hydrogen) atoms. The summed E-state index contributed by atoms with van der Waals surface area (Å²) in [4.78, 5) is 0. The zero-order chi connectivity index (χ0) is 47.3. The number of rotatable bonds is 6.